The average molecular weight is 330 g/mol. The number of nitrogens with zero attached hydrogens (tertiary/aromatic N) is 5. The minimum Gasteiger partial charge on any atom is -0.363 e. The van der Waals surface area contributed by atoms with Crippen LogP contribution in [0.3, 0.4) is 0 Å². The Hall–Kier alpha value is -1.82. The van der Waals surface area contributed by atoms with Gasteiger partial charge in [0.05, 0.1) is 11.9 Å². The highest BCUT2D eigenvalue weighted by Gasteiger charge is 2.25. The van der Waals surface area contributed by atoms with Crippen LogP contribution in [0.25, 0.3) is 0 Å². The summed E-state index contributed by atoms with van der Waals surface area (Å²) < 4.78 is 4.03. The van der Waals surface area contributed by atoms with Crippen molar-refractivity contribution in [3.63, 3.8) is 0 Å². The highest BCUT2D eigenvalue weighted by molar-refractivity contribution is 5.50. The van der Waals surface area contributed by atoms with Crippen LogP contribution in [-0.2, 0) is 27.1 Å². The maximum absolute atomic E-state index is 4.76. The van der Waals surface area contributed by atoms with Crippen LogP contribution in [-0.4, -0.2) is 33.7 Å². The quantitative estimate of drug-likeness (QED) is 0.915. The van der Waals surface area contributed by atoms with Crippen LogP contribution in [0.5, 0.6) is 0 Å². The predicted octanol–water partition coefficient (Wildman–Crippen LogP) is 2.51. The van der Waals surface area contributed by atoms with Gasteiger partial charge in [-0.2, -0.15) is 10.2 Å². The van der Waals surface area contributed by atoms with Crippen LogP contribution in [0.1, 0.15) is 61.2 Å². The minimum atomic E-state index is 0.387. The normalized spacial score (nSPS) is 17.4. The molecule has 0 saturated heterocycles. The van der Waals surface area contributed by atoms with Gasteiger partial charge in [0.25, 0.3) is 0 Å². The highest BCUT2D eigenvalue weighted by Crippen LogP contribution is 2.31. The first kappa shape index (κ1) is 17.0. The van der Waals surface area contributed by atoms with Crippen LogP contribution in [0, 0.1) is 0 Å². The Morgan fingerprint density at radius 1 is 1.29 bits per heavy atom. The van der Waals surface area contributed by atoms with E-state index in [1.54, 1.807) is 0 Å². The third kappa shape index (κ3) is 2.95. The average Bonchev–Trinajstić information content (AvgIpc) is 3.06. The second-order valence-electron chi connectivity index (χ2n) is 7.36. The summed E-state index contributed by atoms with van der Waals surface area (Å²) in [5, 5.41) is 13.0. The molecule has 1 aliphatic rings. The van der Waals surface area contributed by atoms with Gasteiger partial charge in [-0.15, -0.1) is 0 Å². The van der Waals surface area contributed by atoms with E-state index in [1.165, 1.54) is 41.2 Å². The summed E-state index contributed by atoms with van der Waals surface area (Å²) in [7, 11) is 8.25. The molecule has 0 aliphatic heterocycles. The first-order chi connectivity index (χ1) is 11.4. The second kappa shape index (κ2) is 6.59. The number of anilines is 1. The molecule has 1 unspecified atom stereocenters. The number of nitrogens with one attached hydrogen (secondary N) is 1. The van der Waals surface area contributed by atoms with Crippen molar-refractivity contribution in [1.29, 1.82) is 0 Å². The third-order valence-electron chi connectivity index (χ3n) is 5.01. The zero-order chi connectivity index (χ0) is 17.4. The lowest BCUT2D eigenvalue weighted by molar-refractivity contribution is 0.451. The van der Waals surface area contributed by atoms with Crippen molar-refractivity contribution in [1.82, 2.24) is 24.9 Å². The van der Waals surface area contributed by atoms with Gasteiger partial charge in [0.15, 0.2) is 0 Å². The summed E-state index contributed by atoms with van der Waals surface area (Å²) in [6.07, 6.45) is 5.56. The van der Waals surface area contributed by atoms with Gasteiger partial charge >= 0.3 is 0 Å². The van der Waals surface area contributed by atoms with Crippen molar-refractivity contribution in [3.05, 3.63) is 28.7 Å². The highest BCUT2D eigenvalue weighted by atomic mass is 15.4. The number of rotatable bonds is 5. The maximum atomic E-state index is 4.76. The summed E-state index contributed by atoms with van der Waals surface area (Å²) >= 11 is 0. The first-order valence-electron chi connectivity index (χ1n) is 8.87. The Morgan fingerprint density at radius 2 is 2.04 bits per heavy atom. The summed E-state index contributed by atoms with van der Waals surface area (Å²) in [6, 6.07) is 0.387. The van der Waals surface area contributed by atoms with E-state index < -0.39 is 0 Å². The Balaban J connectivity index is 1.85. The van der Waals surface area contributed by atoms with Gasteiger partial charge < -0.3 is 10.2 Å². The fourth-order valence-corrected chi connectivity index (χ4v) is 3.92. The third-order valence-corrected chi connectivity index (χ3v) is 5.01. The molecule has 0 spiro atoms. The fraction of sp³-hybridized carbons (Fsp3) is 0.667. The maximum Gasteiger partial charge on any atom is 0.130 e. The number of fused-ring (bicyclic) bond motifs is 1. The number of hydrogen-bond acceptors (Lipinski definition) is 4. The zero-order valence-corrected chi connectivity index (χ0v) is 15.8. The van der Waals surface area contributed by atoms with Crippen LogP contribution >= 0.6 is 0 Å². The molecule has 0 radical (unpaired) electrons. The molecule has 2 aromatic rings. The van der Waals surface area contributed by atoms with E-state index in [4.69, 9.17) is 5.10 Å². The Morgan fingerprint density at radius 3 is 2.71 bits per heavy atom. The Kier molecular flexibility index (Phi) is 4.67. The summed E-state index contributed by atoms with van der Waals surface area (Å²) in [5.74, 6) is 1.61. The van der Waals surface area contributed by atoms with Gasteiger partial charge in [-0.1, -0.05) is 13.8 Å². The van der Waals surface area contributed by atoms with E-state index >= 15 is 0 Å². The van der Waals surface area contributed by atoms with E-state index in [-0.39, 0.29) is 0 Å². The zero-order valence-electron chi connectivity index (χ0n) is 15.8. The summed E-state index contributed by atoms with van der Waals surface area (Å²) in [4.78, 5) is 2.16. The standard InChI is InChI=1S/C18H30N6/c1-12(2)17-14(18(22(3)4)24(6)21-17)10-19-15-8-7-9-16-13(15)11-20-23(16)5/h11-12,15,19H,7-10H2,1-6H3. The van der Waals surface area contributed by atoms with Crippen LogP contribution in [0.15, 0.2) is 6.20 Å². The molecule has 0 bridgehead atoms. The predicted molar refractivity (Wildman–Crippen MR) is 97.4 cm³/mol. The van der Waals surface area contributed by atoms with E-state index in [0.717, 1.165) is 13.0 Å². The van der Waals surface area contributed by atoms with Crippen molar-refractivity contribution >= 4 is 5.82 Å². The first-order valence-corrected chi connectivity index (χ1v) is 8.87. The van der Waals surface area contributed by atoms with E-state index in [9.17, 15) is 0 Å². The number of aromatic nitrogens is 4. The SMILES string of the molecule is CC(C)c1nn(C)c(N(C)C)c1CNC1CCCc2c1cnn2C. The summed E-state index contributed by atoms with van der Waals surface area (Å²) in [5.41, 5.74) is 5.25. The molecular weight excluding hydrogens is 300 g/mol. The number of aryl methyl sites for hydroxylation is 2. The Bertz CT molecular complexity index is 709. The van der Waals surface area contributed by atoms with Gasteiger partial charge in [0.1, 0.15) is 5.82 Å². The van der Waals surface area contributed by atoms with Crippen molar-refractivity contribution in [2.24, 2.45) is 14.1 Å². The molecule has 0 saturated carbocycles. The topological polar surface area (TPSA) is 50.9 Å². The summed E-state index contributed by atoms with van der Waals surface area (Å²) in [6.45, 7) is 5.27. The smallest absolute Gasteiger partial charge is 0.130 e. The molecule has 132 valence electrons. The van der Waals surface area contributed by atoms with Gasteiger partial charge in [0, 0.05) is 57.6 Å². The molecule has 2 aromatic heterocycles. The van der Waals surface area contributed by atoms with Crippen molar-refractivity contribution in [2.75, 3.05) is 19.0 Å². The lowest BCUT2D eigenvalue weighted by atomic mass is 9.92. The van der Waals surface area contributed by atoms with Gasteiger partial charge in [-0.3, -0.25) is 9.36 Å². The van der Waals surface area contributed by atoms with Crippen molar-refractivity contribution in [2.45, 2.75) is 51.6 Å². The molecule has 24 heavy (non-hydrogen) atoms. The van der Waals surface area contributed by atoms with Gasteiger partial charge in [0.2, 0.25) is 0 Å². The molecule has 3 rings (SSSR count). The lowest BCUT2D eigenvalue weighted by Gasteiger charge is -2.25. The molecule has 0 aromatic carbocycles. The lowest BCUT2D eigenvalue weighted by Crippen LogP contribution is -2.26. The van der Waals surface area contributed by atoms with Gasteiger partial charge in [-0.25, -0.2) is 0 Å². The van der Waals surface area contributed by atoms with E-state index in [0.29, 0.717) is 12.0 Å². The van der Waals surface area contributed by atoms with E-state index in [2.05, 4.69) is 43.3 Å². The van der Waals surface area contributed by atoms with Crippen LogP contribution in [0.4, 0.5) is 5.82 Å². The van der Waals surface area contributed by atoms with Crippen molar-refractivity contribution in [3.8, 4) is 0 Å². The fourth-order valence-electron chi connectivity index (χ4n) is 3.92. The largest absolute Gasteiger partial charge is 0.363 e. The molecule has 1 aliphatic carbocycles. The molecule has 0 amide bonds. The van der Waals surface area contributed by atoms with E-state index in [1.807, 2.05) is 29.7 Å². The van der Waals surface area contributed by atoms with Gasteiger partial charge in [-0.05, 0) is 25.2 Å². The molecule has 6 heteroatoms. The Labute approximate surface area is 144 Å². The number of hydrogen-bond donors (Lipinski definition) is 1. The minimum absolute atomic E-state index is 0.387. The van der Waals surface area contributed by atoms with Crippen molar-refractivity contribution < 1.29 is 0 Å². The van der Waals surface area contributed by atoms with Crippen LogP contribution in [0.2, 0.25) is 0 Å². The monoisotopic (exact) mass is 330 g/mol. The second-order valence-corrected chi connectivity index (χ2v) is 7.36. The molecule has 2 heterocycles. The molecule has 0 fully saturated rings. The molecule has 6 nitrogen and oxygen atoms in total. The molecule has 1 N–H and O–H groups in total. The molecular formula is C18H30N6. The molecule has 1 atom stereocenters. The van der Waals surface area contributed by atoms with Crippen LogP contribution < -0.4 is 10.2 Å².